The summed E-state index contributed by atoms with van der Waals surface area (Å²) in [6, 6.07) is 2.19. The molecule has 1 N–H and O–H groups in total. The summed E-state index contributed by atoms with van der Waals surface area (Å²) in [7, 11) is 0. The lowest BCUT2D eigenvalue weighted by Crippen LogP contribution is -2.43. The van der Waals surface area contributed by atoms with Gasteiger partial charge in [0.1, 0.15) is 12.1 Å². The number of rotatable bonds is 6. The van der Waals surface area contributed by atoms with Crippen molar-refractivity contribution in [1.82, 2.24) is 14.9 Å². The van der Waals surface area contributed by atoms with Gasteiger partial charge in [-0.2, -0.15) is 0 Å². The molecule has 2 aliphatic rings. The Morgan fingerprint density at radius 3 is 2.68 bits per heavy atom. The van der Waals surface area contributed by atoms with Crippen LogP contribution in [-0.2, 0) is 4.79 Å². The SMILES string of the molecule is CCOc1cc(NC2CCN(C(=O)CC3CCCCC3)CC2)ncn1. The van der Waals surface area contributed by atoms with Crippen LogP contribution in [0.1, 0.15) is 58.3 Å². The highest BCUT2D eigenvalue weighted by Crippen LogP contribution is 2.27. The third-order valence-electron chi connectivity index (χ3n) is 5.32. The Kier molecular flexibility index (Phi) is 6.48. The van der Waals surface area contributed by atoms with E-state index in [1.165, 1.54) is 38.4 Å². The summed E-state index contributed by atoms with van der Waals surface area (Å²) < 4.78 is 5.41. The van der Waals surface area contributed by atoms with Crippen molar-refractivity contribution in [2.75, 3.05) is 25.0 Å². The van der Waals surface area contributed by atoms with Gasteiger partial charge >= 0.3 is 0 Å². The predicted octanol–water partition coefficient (Wildman–Crippen LogP) is 3.25. The number of amides is 1. The van der Waals surface area contributed by atoms with Crippen LogP contribution in [0, 0.1) is 5.92 Å². The van der Waals surface area contributed by atoms with Gasteiger partial charge in [0.25, 0.3) is 0 Å². The van der Waals surface area contributed by atoms with Crippen molar-refractivity contribution in [3.05, 3.63) is 12.4 Å². The number of nitrogens with zero attached hydrogens (tertiary/aromatic N) is 3. The van der Waals surface area contributed by atoms with Gasteiger partial charge in [-0.3, -0.25) is 4.79 Å². The smallest absolute Gasteiger partial charge is 0.222 e. The van der Waals surface area contributed by atoms with Crippen LogP contribution in [-0.4, -0.2) is 46.5 Å². The van der Waals surface area contributed by atoms with Crippen molar-refractivity contribution in [1.29, 1.82) is 0 Å². The largest absolute Gasteiger partial charge is 0.478 e. The maximum atomic E-state index is 12.5. The minimum absolute atomic E-state index is 0.350. The van der Waals surface area contributed by atoms with Gasteiger partial charge in [0.2, 0.25) is 11.8 Å². The molecule has 6 nitrogen and oxygen atoms in total. The molecule has 1 aliphatic carbocycles. The summed E-state index contributed by atoms with van der Waals surface area (Å²) in [4.78, 5) is 22.9. The van der Waals surface area contributed by atoms with E-state index in [1.54, 1.807) is 0 Å². The number of aromatic nitrogens is 2. The molecular formula is C19H30N4O2. The standard InChI is InChI=1S/C19H30N4O2/c1-2-25-18-13-17(20-14-21-18)22-16-8-10-23(11-9-16)19(24)12-15-6-4-3-5-7-15/h13-16H,2-12H2,1H3,(H,20,21,22). The number of likely N-dealkylation sites (tertiary alicyclic amines) is 1. The molecule has 6 heteroatoms. The molecule has 1 saturated heterocycles. The van der Waals surface area contributed by atoms with E-state index in [2.05, 4.69) is 20.2 Å². The number of nitrogens with one attached hydrogen (secondary N) is 1. The number of carbonyl (C=O) groups is 1. The van der Waals surface area contributed by atoms with Crippen LogP contribution in [0.4, 0.5) is 5.82 Å². The summed E-state index contributed by atoms with van der Waals surface area (Å²) in [5.41, 5.74) is 0. The van der Waals surface area contributed by atoms with E-state index in [0.29, 0.717) is 30.4 Å². The zero-order valence-corrected chi connectivity index (χ0v) is 15.2. The minimum Gasteiger partial charge on any atom is -0.478 e. The molecule has 0 unspecified atom stereocenters. The van der Waals surface area contributed by atoms with Crippen LogP contribution in [0.5, 0.6) is 5.88 Å². The fourth-order valence-corrected chi connectivity index (χ4v) is 3.89. The molecule has 1 aromatic heterocycles. The Bertz CT molecular complexity index is 552. The molecule has 2 fully saturated rings. The fraction of sp³-hybridized carbons (Fsp3) is 0.737. The molecule has 0 spiro atoms. The average molecular weight is 346 g/mol. The van der Waals surface area contributed by atoms with Crippen LogP contribution in [0.25, 0.3) is 0 Å². The number of carbonyl (C=O) groups excluding carboxylic acids is 1. The lowest BCUT2D eigenvalue weighted by molar-refractivity contribution is -0.133. The predicted molar refractivity (Wildman–Crippen MR) is 97.6 cm³/mol. The molecule has 1 saturated carbocycles. The summed E-state index contributed by atoms with van der Waals surface area (Å²) >= 11 is 0. The maximum Gasteiger partial charge on any atom is 0.222 e. The lowest BCUT2D eigenvalue weighted by Gasteiger charge is -2.34. The summed E-state index contributed by atoms with van der Waals surface area (Å²) in [6.45, 7) is 4.21. The van der Waals surface area contributed by atoms with Crippen LogP contribution < -0.4 is 10.1 Å². The van der Waals surface area contributed by atoms with E-state index in [-0.39, 0.29) is 0 Å². The molecule has 0 atom stereocenters. The summed E-state index contributed by atoms with van der Waals surface area (Å²) in [5, 5.41) is 3.45. The molecule has 1 aliphatic heterocycles. The molecule has 25 heavy (non-hydrogen) atoms. The monoisotopic (exact) mass is 346 g/mol. The van der Waals surface area contributed by atoms with Crippen molar-refractivity contribution < 1.29 is 9.53 Å². The first-order valence-corrected chi connectivity index (χ1v) is 9.73. The van der Waals surface area contributed by atoms with Crippen molar-refractivity contribution in [2.45, 2.75) is 64.3 Å². The van der Waals surface area contributed by atoms with E-state index in [1.807, 2.05) is 13.0 Å². The second-order valence-corrected chi connectivity index (χ2v) is 7.18. The van der Waals surface area contributed by atoms with Crippen LogP contribution >= 0.6 is 0 Å². The van der Waals surface area contributed by atoms with Gasteiger partial charge in [-0.25, -0.2) is 9.97 Å². The van der Waals surface area contributed by atoms with Gasteiger partial charge in [-0.15, -0.1) is 0 Å². The average Bonchev–Trinajstić information content (AvgIpc) is 2.64. The van der Waals surface area contributed by atoms with Gasteiger partial charge in [0.15, 0.2) is 0 Å². The topological polar surface area (TPSA) is 67.3 Å². The second-order valence-electron chi connectivity index (χ2n) is 7.18. The van der Waals surface area contributed by atoms with Crippen LogP contribution in [0.15, 0.2) is 12.4 Å². The highest BCUT2D eigenvalue weighted by Gasteiger charge is 2.25. The minimum atomic E-state index is 0.350. The van der Waals surface area contributed by atoms with Crippen molar-refractivity contribution in [3.8, 4) is 5.88 Å². The Labute approximate surface area is 150 Å². The van der Waals surface area contributed by atoms with Crippen LogP contribution in [0.2, 0.25) is 0 Å². The fourth-order valence-electron chi connectivity index (χ4n) is 3.89. The van der Waals surface area contributed by atoms with E-state index in [9.17, 15) is 4.79 Å². The van der Waals surface area contributed by atoms with Gasteiger partial charge in [0, 0.05) is 31.6 Å². The molecular weight excluding hydrogens is 316 g/mol. The zero-order valence-electron chi connectivity index (χ0n) is 15.2. The maximum absolute atomic E-state index is 12.5. The molecule has 1 amide bonds. The summed E-state index contributed by atoms with van der Waals surface area (Å²) in [5.74, 6) is 2.37. The number of piperidine rings is 1. The van der Waals surface area contributed by atoms with Crippen molar-refractivity contribution in [2.24, 2.45) is 5.92 Å². The summed E-state index contributed by atoms with van der Waals surface area (Å²) in [6.07, 6.45) is 10.6. The first kappa shape index (κ1) is 18.0. The third-order valence-corrected chi connectivity index (χ3v) is 5.32. The molecule has 3 rings (SSSR count). The zero-order chi connectivity index (χ0) is 17.5. The van der Waals surface area contributed by atoms with Crippen LogP contribution in [0.3, 0.4) is 0 Å². The van der Waals surface area contributed by atoms with E-state index in [0.717, 1.165) is 38.2 Å². The molecule has 0 aromatic carbocycles. The van der Waals surface area contributed by atoms with Gasteiger partial charge in [0.05, 0.1) is 6.61 Å². The third kappa shape index (κ3) is 5.31. The highest BCUT2D eigenvalue weighted by atomic mass is 16.5. The number of hydrogen-bond donors (Lipinski definition) is 1. The van der Waals surface area contributed by atoms with E-state index in [4.69, 9.17) is 4.74 Å². The molecule has 1 aromatic rings. The first-order valence-electron chi connectivity index (χ1n) is 9.73. The molecule has 2 heterocycles. The van der Waals surface area contributed by atoms with Gasteiger partial charge in [-0.1, -0.05) is 19.3 Å². The molecule has 0 radical (unpaired) electrons. The second kappa shape index (κ2) is 9.02. The quantitative estimate of drug-likeness (QED) is 0.856. The lowest BCUT2D eigenvalue weighted by atomic mass is 9.86. The molecule has 0 bridgehead atoms. The number of anilines is 1. The number of hydrogen-bond acceptors (Lipinski definition) is 5. The number of ether oxygens (including phenoxy) is 1. The van der Waals surface area contributed by atoms with Crippen molar-refractivity contribution >= 4 is 11.7 Å². The Morgan fingerprint density at radius 2 is 1.96 bits per heavy atom. The Balaban J connectivity index is 1.43. The Hall–Kier alpha value is -1.85. The van der Waals surface area contributed by atoms with Crippen molar-refractivity contribution in [3.63, 3.8) is 0 Å². The van der Waals surface area contributed by atoms with Gasteiger partial charge < -0.3 is 15.0 Å². The van der Waals surface area contributed by atoms with E-state index < -0.39 is 0 Å². The highest BCUT2D eigenvalue weighted by molar-refractivity contribution is 5.76. The Morgan fingerprint density at radius 1 is 1.20 bits per heavy atom. The van der Waals surface area contributed by atoms with E-state index >= 15 is 0 Å². The first-order chi connectivity index (χ1) is 12.2. The normalized spacial score (nSPS) is 19.6. The molecule has 138 valence electrons. The van der Waals surface area contributed by atoms with Gasteiger partial charge in [-0.05, 0) is 38.5 Å².